The van der Waals surface area contributed by atoms with Gasteiger partial charge in [0.05, 0.1) is 12.7 Å². The molecule has 0 saturated carbocycles. The number of hydrogen-bond donors (Lipinski definition) is 0. The zero-order chi connectivity index (χ0) is 15.6. The number of rotatable bonds is 3. The van der Waals surface area contributed by atoms with Gasteiger partial charge in [0.15, 0.2) is 0 Å². The topological polar surface area (TPSA) is 18.5 Å². The summed E-state index contributed by atoms with van der Waals surface area (Å²) in [5, 5.41) is 0. The lowest BCUT2D eigenvalue weighted by Gasteiger charge is -2.24. The third-order valence-corrected chi connectivity index (χ3v) is 5.05. The van der Waals surface area contributed by atoms with Crippen LogP contribution in [0.5, 0.6) is 5.75 Å². The summed E-state index contributed by atoms with van der Waals surface area (Å²) in [5.74, 6) is 0.973. The Morgan fingerprint density at radius 1 is 1.09 bits per heavy atom. The van der Waals surface area contributed by atoms with E-state index in [0.29, 0.717) is 6.10 Å². The van der Waals surface area contributed by atoms with E-state index in [4.69, 9.17) is 9.47 Å². The Balaban J connectivity index is 1.92. The van der Waals surface area contributed by atoms with E-state index in [1.54, 1.807) is 0 Å². The van der Waals surface area contributed by atoms with Crippen LogP contribution in [0, 0.1) is 3.57 Å². The Kier molecular flexibility index (Phi) is 8.60. The van der Waals surface area contributed by atoms with Crippen LogP contribution >= 0.6 is 22.6 Å². The third kappa shape index (κ3) is 6.86. The molecule has 2 unspecified atom stereocenters. The van der Waals surface area contributed by atoms with Crippen molar-refractivity contribution in [2.24, 2.45) is 0 Å². The first-order valence-electron chi connectivity index (χ1n) is 8.81. The Bertz CT molecular complexity index is 422. The lowest BCUT2D eigenvalue weighted by Crippen LogP contribution is -2.27. The number of hydrogen-bond acceptors (Lipinski definition) is 2. The molecule has 0 spiro atoms. The molecule has 2 nitrogen and oxygen atoms in total. The molecule has 0 radical (unpaired) electrons. The molecule has 1 aliphatic rings. The predicted octanol–water partition coefficient (Wildman–Crippen LogP) is 5.97. The van der Waals surface area contributed by atoms with Gasteiger partial charge in [0.25, 0.3) is 0 Å². The summed E-state index contributed by atoms with van der Waals surface area (Å²) in [6.07, 6.45) is 12.0. The maximum Gasteiger partial charge on any atom is 0.122 e. The van der Waals surface area contributed by atoms with Crippen LogP contribution in [-0.4, -0.2) is 18.8 Å². The van der Waals surface area contributed by atoms with E-state index >= 15 is 0 Å². The van der Waals surface area contributed by atoms with Gasteiger partial charge in [-0.25, -0.2) is 0 Å². The number of benzene rings is 1. The van der Waals surface area contributed by atoms with Gasteiger partial charge in [0, 0.05) is 3.57 Å². The second-order valence-corrected chi connectivity index (χ2v) is 7.51. The summed E-state index contributed by atoms with van der Waals surface area (Å²) in [5.41, 5.74) is 0. The first kappa shape index (κ1) is 18.1. The molecule has 1 heterocycles. The van der Waals surface area contributed by atoms with E-state index in [1.807, 2.05) is 0 Å². The highest BCUT2D eigenvalue weighted by atomic mass is 127. The standard InChI is InChI=1S/C19H29IO2/c1-2-17-11-7-5-3-4-6-8-12-19(15-21-17)22-18-13-9-10-16(20)14-18/h9-10,13-14,17,19H,2-8,11-12,15H2,1H3. The lowest BCUT2D eigenvalue weighted by molar-refractivity contribution is -0.00993. The van der Waals surface area contributed by atoms with Crippen LogP contribution in [0.3, 0.4) is 0 Å². The van der Waals surface area contributed by atoms with Gasteiger partial charge >= 0.3 is 0 Å². The Morgan fingerprint density at radius 3 is 2.55 bits per heavy atom. The lowest BCUT2D eigenvalue weighted by atomic mass is 10.0. The van der Waals surface area contributed by atoms with Crippen molar-refractivity contribution in [1.29, 1.82) is 0 Å². The summed E-state index contributed by atoms with van der Waals surface area (Å²) >= 11 is 2.33. The molecular formula is C19H29IO2. The van der Waals surface area contributed by atoms with Crippen molar-refractivity contribution >= 4 is 22.6 Å². The first-order valence-corrected chi connectivity index (χ1v) is 9.89. The zero-order valence-corrected chi connectivity index (χ0v) is 15.9. The molecule has 0 amide bonds. The van der Waals surface area contributed by atoms with E-state index in [1.165, 1.54) is 48.5 Å². The fourth-order valence-corrected chi connectivity index (χ4v) is 3.52. The van der Waals surface area contributed by atoms with Gasteiger partial charge in [-0.15, -0.1) is 0 Å². The molecule has 1 fully saturated rings. The Morgan fingerprint density at radius 2 is 1.82 bits per heavy atom. The summed E-state index contributed by atoms with van der Waals surface area (Å²) in [7, 11) is 0. The highest BCUT2D eigenvalue weighted by molar-refractivity contribution is 14.1. The highest BCUT2D eigenvalue weighted by Crippen LogP contribution is 2.21. The molecule has 1 aliphatic heterocycles. The molecule has 3 heteroatoms. The molecule has 0 N–H and O–H groups in total. The summed E-state index contributed by atoms with van der Waals surface area (Å²) in [6, 6.07) is 8.31. The molecule has 22 heavy (non-hydrogen) atoms. The maximum atomic E-state index is 6.20. The average molecular weight is 416 g/mol. The van der Waals surface area contributed by atoms with Crippen LogP contribution in [0.2, 0.25) is 0 Å². The van der Waals surface area contributed by atoms with Crippen molar-refractivity contribution in [2.75, 3.05) is 6.61 Å². The molecule has 124 valence electrons. The monoisotopic (exact) mass is 416 g/mol. The van der Waals surface area contributed by atoms with Crippen LogP contribution < -0.4 is 4.74 Å². The minimum Gasteiger partial charge on any atom is -0.488 e. The van der Waals surface area contributed by atoms with Crippen LogP contribution in [0.15, 0.2) is 24.3 Å². The van der Waals surface area contributed by atoms with Crippen LogP contribution in [0.1, 0.15) is 64.7 Å². The summed E-state index contributed by atoms with van der Waals surface area (Å²) in [4.78, 5) is 0. The van der Waals surface area contributed by atoms with Crippen molar-refractivity contribution in [3.63, 3.8) is 0 Å². The number of ether oxygens (including phenoxy) is 2. The summed E-state index contributed by atoms with van der Waals surface area (Å²) in [6.45, 7) is 2.95. The Hall–Kier alpha value is -0.290. The van der Waals surface area contributed by atoms with Gasteiger partial charge in [0.2, 0.25) is 0 Å². The SMILES string of the molecule is CCC1CCCCCCCCC(Oc2cccc(I)c2)CO1. The maximum absolute atomic E-state index is 6.20. The molecule has 1 saturated heterocycles. The largest absolute Gasteiger partial charge is 0.488 e. The van der Waals surface area contributed by atoms with Gasteiger partial charge in [-0.2, -0.15) is 0 Å². The van der Waals surface area contributed by atoms with E-state index < -0.39 is 0 Å². The highest BCUT2D eigenvalue weighted by Gasteiger charge is 2.15. The smallest absolute Gasteiger partial charge is 0.122 e. The van der Waals surface area contributed by atoms with Crippen LogP contribution in [0.4, 0.5) is 0 Å². The first-order chi connectivity index (χ1) is 10.8. The minimum atomic E-state index is 0.187. The second-order valence-electron chi connectivity index (χ2n) is 6.26. The zero-order valence-electron chi connectivity index (χ0n) is 13.7. The van der Waals surface area contributed by atoms with Gasteiger partial charge < -0.3 is 9.47 Å². The van der Waals surface area contributed by atoms with Crippen LogP contribution in [-0.2, 0) is 4.74 Å². The quantitative estimate of drug-likeness (QED) is 0.566. The number of halogens is 1. The van der Waals surface area contributed by atoms with Crippen molar-refractivity contribution in [3.05, 3.63) is 27.8 Å². The second kappa shape index (κ2) is 10.5. The fraction of sp³-hybridized carbons (Fsp3) is 0.684. The molecule has 1 aromatic rings. The molecule has 2 atom stereocenters. The van der Waals surface area contributed by atoms with Crippen molar-refractivity contribution in [2.45, 2.75) is 76.9 Å². The normalized spacial score (nSPS) is 25.0. The van der Waals surface area contributed by atoms with E-state index in [9.17, 15) is 0 Å². The van der Waals surface area contributed by atoms with Crippen LogP contribution in [0.25, 0.3) is 0 Å². The molecule has 1 aromatic carbocycles. The van der Waals surface area contributed by atoms with Crippen molar-refractivity contribution in [3.8, 4) is 5.75 Å². The van der Waals surface area contributed by atoms with Gasteiger partial charge in [-0.3, -0.25) is 0 Å². The van der Waals surface area contributed by atoms with Gasteiger partial charge in [-0.1, -0.05) is 45.1 Å². The fourth-order valence-electron chi connectivity index (χ4n) is 3.01. The predicted molar refractivity (Wildman–Crippen MR) is 101 cm³/mol. The summed E-state index contributed by atoms with van der Waals surface area (Å²) < 4.78 is 13.6. The molecule has 0 aliphatic carbocycles. The van der Waals surface area contributed by atoms with Crippen molar-refractivity contribution < 1.29 is 9.47 Å². The average Bonchev–Trinajstić information content (AvgIpc) is 2.50. The van der Waals surface area contributed by atoms with E-state index in [2.05, 4.69) is 53.8 Å². The van der Waals surface area contributed by atoms with Gasteiger partial charge in [-0.05, 0) is 66.5 Å². The van der Waals surface area contributed by atoms with E-state index in [-0.39, 0.29) is 6.10 Å². The van der Waals surface area contributed by atoms with Gasteiger partial charge in [0.1, 0.15) is 11.9 Å². The van der Waals surface area contributed by atoms with E-state index in [0.717, 1.165) is 25.2 Å². The molecule has 0 bridgehead atoms. The molecule has 2 rings (SSSR count). The van der Waals surface area contributed by atoms with Crippen molar-refractivity contribution in [1.82, 2.24) is 0 Å². The Labute approximate surface area is 149 Å². The molecular weight excluding hydrogens is 387 g/mol. The molecule has 0 aromatic heterocycles. The minimum absolute atomic E-state index is 0.187. The third-order valence-electron chi connectivity index (χ3n) is 4.37.